The number of amides is 2. The van der Waals surface area contributed by atoms with E-state index in [-0.39, 0.29) is 17.7 Å². The van der Waals surface area contributed by atoms with Crippen molar-refractivity contribution in [3.63, 3.8) is 0 Å². The molecule has 1 aromatic carbocycles. The molecule has 0 saturated heterocycles. The van der Waals surface area contributed by atoms with Crippen molar-refractivity contribution < 1.29 is 14.3 Å². The van der Waals surface area contributed by atoms with Gasteiger partial charge in [-0.2, -0.15) is 0 Å². The van der Waals surface area contributed by atoms with Gasteiger partial charge >= 0.3 is 0 Å². The average Bonchev–Trinajstić information content (AvgIpc) is 3.17. The van der Waals surface area contributed by atoms with Crippen LogP contribution in [0.2, 0.25) is 0 Å². The van der Waals surface area contributed by atoms with Gasteiger partial charge in [0.25, 0.3) is 5.91 Å². The predicted molar refractivity (Wildman–Crippen MR) is 109 cm³/mol. The molecule has 2 aromatic rings. The van der Waals surface area contributed by atoms with Crippen molar-refractivity contribution in [2.24, 2.45) is 5.92 Å². The van der Waals surface area contributed by atoms with Gasteiger partial charge in [0.05, 0.1) is 18.7 Å². The number of thiophene rings is 1. The molecule has 2 rings (SSSR count). The summed E-state index contributed by atoms with van der Waals surface area (Å²) in [6.07, 6.45) is 0. The van der Waals surface area contributed by atoms with Crippen LogP contribution < -0.4 is 10.1 Å². The number of benzene rings is 1. The van der Waals surface area contributed by atoms with E-state index in [1.807, 2.05) is 51.3 Å². The topological polar surface area (TPSA) is 58.6 Å². The first-order valence-electron chi connectivity index (χ1n) is 9.31. The molecule has 0 aliphatic heterocycles. The quantitative estimate of drug-likeness (QED) is 0.708. The summed E-state index contributed by atoms with van der Waals surface area (Å²) in [5.74, 6) is 0.137. The molecule has 5 nitrogen and oxygen atoms in total. The molecular formula is C21H28N2O3S. The van der Waals surface area contributed by atoms with Gasteiger partial charge in [0.2, 0.25) is 5.91 Å². The van der Waals surface area contributed by atoms with Crippen molar-refractivity contribution in [1.29, 1.82) is 0 Å². The van der Waals surface area contributed by atoms with Crippen LogP contribution in [-0.4, -0.2) is 35.9 Å². The van der Waals surface area contributed by atoms with E-state index < -0.39 is 6.04 Å². The zero-order chi connectivity index (χ0) is 19.8. The summed E-state index contributed by atoms with van der Waals surface area (Å²) in [4.78, 5) is 28.8. The number of nitrogens with zero attached hydrogens (tertiary/aromatic N) is 1. The summed E-state index contributed by atoms with van der Waals surface area (Å²) in [5.41, 5.74) is 0.444. The standard InChI is InChI=1S/C21H28N2O3S/c1-5-23(14-16-10-9-13-27-16)21(25)19(15(3)4)22-20(24)17-11-7-8-12-18(17)26-6-2/h7-13,15,19H,5-6,14H2,1-4H3,(H,22,24). The third-order valence-corrected chi connectivity index (χ3v) is 5.13. The fourth-order valence-corrected chi connectivity index (χ4v) is 3.52. The van der Waals surface area contributed by atoms with Crippen LogP contribution in [0.4, 0.5) is 0 Å². The number of rotatable bonds is 9. The van der Waals surface area contributed by atoms with E-state index in [1.165, 1.54) is 0 Å². The first-order valence-corrected chi connectivity index (χ1v) is 10.2. The van der Waals surface area contributed by atoms with E-state index >= 15 is 0 Å². The summed E-state index contributed by atoms with van der Waals surface area (Å²) in [6.45, 7) is 9.33. The molecule has 1 N–H and O–H groups in total. The van der Waals surface area contributed by atoms with Crippen LogP contribution in [0, 0.1) is 5.92 Å². The number of hydrogen-bond donors (Lipinski definition) is 1. The number of carbonyl (C=O) groups excluding carboxylic acids is 2. The molecule has 146 valence electrons. The molecule has 27 heavy (non-hydrogen) atoms. The second-order valence-electron chi connectivity index (χ2n) is 6.56. The monoisotopic (exact) mass is 388 g/mol. The molecule has 0 saturated carbocycles. The molecule has 1 unspecified atom stereocenters. The molecule has 0 spiro atoms. The lowest BCUT2D eigenvalue weighted by Gasteiger charge is -2.29. The summed E-state index contributed by atoms with van der Waals surface area (Å²) >= 11 is 1.62. The molecule has 1 atom stereocenters. The Bertz CT molecular complexity index is 744. The minimum absolute atomic E-state index is 0.0295. The highest BCUT2D eigenvalue weighted by Gasteiger charge is 2.29. The maximum absolute atomic E-state index is 13.1. The SMILES string of the molecule is CCOc1ccccc1C(=O)NC(C(=O)N(CC)Cc1cccs1)C(C)C. The fraction of sp³-hybridized carbons (Fsp3) is 0.429. The van der Waals surface area contributed by atoms with Crippen LogP contribution in [0.3, 0.4) is 0 Å². The number of carbonyl (C=O) groups is 2. The van der Waals surface area contributed by atoms with Crippen LogP contribution in [0.15, 0.2) is 41.8 Å². The van der Waals surface area contributed by atoms with Gasteiger partial charge in [-0.05, 0) is 43.3 Å². The first kappa shape index (κ1) is 21.0. The van der Waals surface area contributed by atoms with E-state index in [9.17, 15) is 9.59 Å². The van der Waals surface area contributed by atoms with Gasteiger partial charge in [0.1, 0.15) is 11.8 Å². The van der Waals surface area contributed by atoms with E-state index in [0.717, 1.165) is 4.88 Å². The smallest absolute Gasteiger partial charge is 0.255 e. The van der Waals surface area contributed by atoms with Crippen molar-refractivity contribution in [2.45, 2.75) is 40.3 Å². The highest BCUT2D eigenvalue weighted by molar-refractivity contribution is 7.09. The van der Waals surface area contributed by atoms with Crippen LogP contribution in [-0.2, 0) is 11.3 Å². The van der Waals surface area contributed by atoms with Gasteiger partial charge in [-0.1, -0.05) is 32.0 Å². The average molecular weight is 389 g/mol. The maximum Gasteiger partial charge on any atom is 0.255 e. The van der Waals surface area contributed by atoms with Crippen LogP contribution in [0.25, 0.3) is 0 Å². The van der Waals surface area contributed by atoms with Crippen molar-refractivity contribution in [3.8, 4) is 5.75 Å². The van der Waals surface area contributed by atoms with Gasteiger partial charge < -0.3 is 15.0 Å². The normalized spacial score (nSPS) is 11.9. The number of para-hydroxylation sites is 1. The minimum atomic E-state index is -0.591. The number of ether oxygens (including phenoxy) is 1. The molecule has 2 amide bonds. The lowest BCUT2D eigenvalue weighted by atomic mass is 10.0. The number of nitrogens with one attached hydrogen (secondary N) is 1. The summed E-state index contributed by atoms with van der Waals surface area (Å²) in [5, 5.41) is 4.92. The largest absolute Gasteiger partial charge is 0.493 e. The molecule has 0 aliphatic rings. The highest BCUT2D eigenvalue weighted by Crippen LogP contribution is 2.19. The Morgan fingerprint density at radius 3 is 2.48 bits per heavy atom. The third-order valence-electron chi connectivity index (χ3n) is 4.27. The Balaban J connectivity index is 2.16. The van der Waals surface area contributed by atoms with Crippen molar-refractivity contribution >= 4 is 23.2 Å². The lowest BCUT2D eigenvalue weighted by molar-refractivity contribution is -0.134. The predicted octanol–water partition coefficient (Wildman–Crippen LogP) is 3.95. The Morgan fingerprint density at radius 1 is 1.15 bits per heavy atom. The number of likely N-dealkylation sites (N-methyl/N-ethyl adjacent to an activating group) is 1. The maximum atomic E-state index is 13.1. The number of hydrogen-bond acceptors (Lipinski definition) is 4. The van der Waals surface area contributed by atoms with Gasteiger partial charge in [0, 0.05) is 11.4 Å². The van der Waals surface area contributed by atoms with E-state index in [1.54, 1.807) is 34.4 Å². The molecule has 1 heterocycles. The van der Waals surface area contributed by atoms with Gasteiger partial charge in [-0.15, -0.1) is 11.3 Å². The molecule has 1 aromatic heterocycles. The highest BCUT2D eigenvalue weighted by atomic mass is 32.1. The van der Waals surface area contributed by atoms with E-state index in [4.69, 9.17) is 4.74 Å². The molecule has 0 radical (unpaired) electrons. The first-order chi connectivity index (χ1) is 13.0. The Kier molecular flexibility index (Phi) is 7.85. The van der Waals surface area contributed by atoms with Crippen molar-refractivity contribution in [2.75, 3.05) is 13.2 Å². The zero-order valence-corrected chi connectivity index (χ0v) is 17.2. The Labute approximate surface area is 165 Å². The molecular weight excluding hydrogens is 360 g/mol. The van der Waals surface area contributed by atoms with Gasteiger partial charge in [0.15, 0.2) is 0 Å². The Morgan fingerprint density at radius 2 is 1.89 bits per heavy atom. The van der Waals surface area contributed by atoms with Crippen LogP contribution in [0.1, 0.15) is 42.9 Å². The summed E-state index contributed by atoms with van der Waals surface area (Å²) in [7, 11) is 0. The fourth-order valence-electron chi connectivity index (χ4n) is 2.80. The van der Waals surface area contributed by atoms with Crippen LogP contribution in [0.5, 0.6) is 5.75 Å². The van der Waals surface area contributed by atoms with E-state index in [0.29, 0.717) is 31.0 Å². The van der Waals surface area contributed by atoms with Gasteiger partial charge in [-0.3, -0.25) is 9.59 Å². The summed E-state index contributed by atoms with van der Waals surface area (Å²) in [6, 6.07) is 10.5. The zero-order valence-electron chi connectivity index (χ0n) is 16.4. The molecule has 6 heteroatoms. The van der Waals surface area contributed by atoms with E-state index in [2.05, 4.69) is 5.32 Å². The van der Waals surface area contributed by atoms with Crippen molar-refractivity contribution in [3.05, 3.63) is 52.2 Å². The van der Waals surface area contributed by atoms with Crippen molar-refractivity contribution in [1.82, 2.24) is 10.2 Å². The molecule has 0 aliphatic carbocycles. The third kappa shape index (κ3) is 5.57. The lowest BCUT2D eigenvalue weighted by Crippen LogP contribution is -2.51. The Hall–Kier alpha value is -2.34. The summed E-state index contributed by atoms with van der Waals surface area (Å²) < 4.78 is 5.54. The minimum Gasteiger partial charge on any atom is -0.493 e. The molecule has 0 fully saturated rings. The van der Waals surface area contributed by atoms with Crippen LogP contribution >= 0.6 is 11.3 Å². The second kappa shape index (κ2) is 10.1. The molecule has 0 bridgehead atoms. The second-order valence-corrected chi connectivity index (χ2v) is 7.59. The van der Waals surface area contributed by atoms with Gasteiger partial charge in [-0.25, -0.2) is 0 Å².